The summed E-state index contributed by atoms with van der Waals surface area (Å²) in [5.74, 6) is 1.39. The molecule has 8 heteroatoms. The third-order valence-electron chi connectivity index (χ3n) is 4.48. The smallest absolute Gasteiger partial charge is 0.232 e. The number of guanidine groups is 1. The average Bonchev–Trinajstić information content (AvgIpc) is 3.20. The molecule has 2 fully saturated rings. The summed E-state index contributed by atoms with van der Waals surface area (Å²) in [4.78, 5) is 10.8. The quantitative estimate of drug-likeness (QED) is 0.320. The molecule has 2 saturated heterocycles. The Morgan fingerprint density at radius 1 is 1.54 bits per heavy atom. The van der Waals surface area contributed by atoms with E-state index in [4.69, 9.17) is 21.1 Å². The number of hydrogen-bond donors (Lipinski definition) is 1. The van der Waals surface area contributed by atoms with Gasteiger partial charge < -0.3 is 19.7 Å². The van der Waals surface area contributed by atoms with Gasteiger partial charge in [-0.05, 0) is 25.0 Å². The van der Waals surface area contributed by atoms with E-state index in [-0.39, 0.29) is 24.0 Å². The number of nitrogens with zero attached hydrogens (tertiary/aromatic N) is 3. The maximum Gasteiger partial charge on any atom is 0.232 e. The van der Waals surface area contributed by atoms with Gasteiger partial charge in [-0.3, -0.25) is 4.99 Å². The van der Waals surface area contributed by atoms with Crippen molar-refractivity contribution in [3.8, 4) is 5.88 Å². The highest BCUT2D eigenvalue weighted by atomic mass is 127. The first-order valence-electron chi connectivity index (χ1n) is 7.99. The van der Waals surface area contributed by atoms with E-state index < -0.39 is 0 Å². The van der Waals surface area contributed by atoms with Crippen molar-refractivity contribution in [1.82, 2.24) is 15.2 Å². The number of aromatic nitrogens is 1. The zero-order valence-electron chi connectivity index (χ0n) is 13.8. The fourth-order valence-electron chi connectivity index (χ4n) is 3.21. The van der Waals surface area contributed by atoms with Gasteiger partial charge in [0, 0.05) is 38.4 Å². The molecule has 1 atom stereocenters. The van der Waals surface area contributed by atoms with Gasteiger partial charge in [0.2, 0.25) is 5.88 Å². The average molecular weight is 467 g/mol. The van der Waals surface area contributed by atoms with Crippen LogP contribution in [-0.4, -0.2) is 62.3 Å². The Morgan fingerprint density at radius 3 is 3.12 bits per heavy atom. The lowest BCUT2D eigenvalue weighted by Gasteiger charge is -2.24. The van der Waals surface area contributed by atoms with Crippen molar-refractivity contribution in [3.05, 3.63) is 23.4 Å². The van der Waals surface area contributed by atoms with Crippen LogP contribution in [-0.2, 0) is 4.74 Å². The highest BCUT2D eigenvalue weighted by Gasteiger charge is 2.42. The number of ether oxygens (including phenoxy) is 2. The van der Waals surface area contributed by atoms with E-state index in [1.807, 2.05) is 7.05 Å². The van der Waals surface area contributed by atoms with Crippen molar-refractivity contribution >= 4 is 41.5 Å². The number of hydrogen-bond acceptors (Lipinski definition) is 4. The van der Waals surface area contributed by atoms with Crippen LogP contribution in [0, 0.1) is 5.41 Å². The first kappa shape index (κ1) is 19.5. The van der Waals surface area contributed by atoms with Gasteiger partial charge >= 0.3 is 0 Å². The van der Waals surface area contributed by atoms with Crippen LogP contribution in [0.3, 0.4) is 0 Å². The number of rotatable bonds is 4. The van der Waals surface area contributed by atoms with Crippen LogP contribution in [0.2, 0.25) is 5.02 Å². The Morgan fingerprint density at radius 2 is 2.42 bits per heavy atom. The maximum atomic E-state index is 6.01. The molecule has 0 amide bonds. The molecule has 0 aromatic carbocycles. The molecular weight excluding hydrogens is 443 g/mol. The predicted molar refractivity (Wildman–Crippen MR) is 106 cm³/mol. The van der Waals surface area contributed by atoms with Crippen LogP contribution in [0.4, 0.5) is 0 Å². The van der Waals surface area contributed by atoms with E-state index in [0.29, 0.717) is 29.5 Å². The molecule has 0 bridgehead atoms. The van der Waals surface area contributed by atoms with E-state index in [2.05, 4.69) is 20.2 Å². The molecule has 6 nitrogen and oxygen atoms in total. The van der Waals surface area contributed by atoms with Crippen LogP contribution < -0.4 is 10.1 Å². The molecule has 0 saturated carbocycles. The van der Waals surface area contributed by atoms with Crippen molar-refractivity contribution in [2.24, 2.45) is 10.4 Å². The number of halogens is 2. The lowest BCUT2D eigenvalue weighted by Crippen LogP contribution is -2.42. The van der Waals surface area contributed by atoms with Crippen LogP contribution in [0.1, 0.15) is 12.8 Å². The van der Waals surface area contributed by atoms with Crippen molar-refractivity contribution in [1.29, 1.82) is 0 Å². The van der Waals surface area contributed by atoms with Gasteiger partial charge in [-0.2, -0.15) is 0 Å². The Labute approximate surface area is 165 Å². The second-order valence-corrected chi connectivity index (χ2v) is 6.49. The number of pyridine rings is 1. The van der Waals surface area contributed by atoms with Gasteiger partial charge in [0.05, 0.1) is 13.2 Å². The predicted octanol–water partition coefficient (Wildman–Crippen LogP) is 2.42. The molecule has 24 heavy (non-hydrogen) atoms. The lowest BCUT2D eigenvalue weighted by atomic mass is 9.87. The molecule has 1 spiro atoms. The topological polar surface area (TPSA) is 59.0 Å². The summed E-state index contributed by atoms with van der Waals surface area (Å²) < 4.78 is 11.2. The van der Waals surface area contributed by atoms with Gasteiger partial charge in [-0.25, -0.2) is 4.98 Å². The summed E-state index contributed by atoms with van der Waals surface area (Å²) in [6.45, 7) is 4.94. The minimum absolute atomic E-state index is 0. The van der Waals surface area contributed by atoms with Crippen molar-refractivity contribution in [3.63, 3.8) is 0 Å². The van der Waals surface area contributed by atoms with Crippen molar-refractivity contribution in [2.45, 2.75) is 12.8 Å². The molecule has 1 unspecified atom stereocenters. The fraction of sp³-hybridized carbons (Fsp3) is 0.625. The fourth-order valence-corrected chi connectivity index (χ4v) is 3.38. The SMILES string of the molecule is CN=C(NCCOc1ncccc1Cl)N1CCC2(CCOC2)C1.I. The molecular formula is C16H24ClIN4O2. The monoisotopic (exact) mass is 466 g/mol. The Bertz CT molecular complexity index is 567. The largest absolute Gasteiger partial charge is 0.475 e. The van der Waals surface area contributed by atoms with E-state index in [1.54, 1.807) is 18.3 Å². The van der Waals surface area contributed by atoms with Gasteiger partial charge in [0.25, 0.3) is 0 Å². The second-order valence-electron chi connectivity index (χ2n) is 6.09. The van der Waals surface area contributed by atoms with Crippen LogP contribution >= 0.6 is 35.6 Å². The van der Waals surface area contributed by atoms with E-state index in [1.165, 1.54) is 6.42 Å². The van der Waals surface area contributed by atoms with Crippen LogP contribution in [0.15, 0.2) is 23.3 Å². The first-order valence-corrected chi connectivity index (χ1v) is 8.37. The third kappa shape index (κ3) is 4.64. The van der Waals surface area contributed by atoms with Gasteiger partial charge in [-0.1, -0.05) is 11.6 Å². The normalized spacial score (nSPS) is 23.4. The van der Waals surface area contributed by atoms with Crippen LogP contribution in [0.5, 0.6) is 5.88 Å². The molecule has 1 aromatic heterocycles. The summed E-state index contributed by atoms with van der Waals surface area (Å²) in [6.07, 6.45) is 4.00. The van der Waals surface area contributed by atoms with Crippen molar-refractivity contribution < 1.29 is 9.47 Å². The molecule has 3 rings (SSSR count). The van der Waals surface area contributed by atoms with E-state index in [9.17, 15) is 0 Å². The minimum atomic E-state index is 0. The van der Waals surface area contributed by atoms with E-state index >= 15 is 0 Å². The van der Waals surface area contributed by atoms with Gasteiger partial charge in [0.1, 0.15) is 11.6 Å². The number of aliphatic imine (C=N–C) groups is 1. The van der Waals surface area contributed by atoms with Gasteiger partial charge in [0.15, 0.2) is 5.96 Å². The Balaban J connectivity index is 0.00000208. The van der Waals surface area contributed by atoms with Gasteiger partial charge in [-0.15, -0.1) is 24.0 Å². The Hall–Kier alpha value is -0.800. The summed E-state index contributed by atoms with van der Waals surface area (Å²) in [5, 5.41) is 3.87. The summed E-state index contributed by atoms with van der Waals surface area (Å²) in [6, 6.07) is 3.55. The maximum absolute atomic E-state index is 6.01. The highest BCUT2D eigenvalue weighted by Crippen LogP contribution is 2.38. The highest BCUT2D eigenvalue weighted by molar-refractivity contribution is 14.0. The summed E-state index contributed by atoms with van der Waals surface area (Å²) in [7, 11) is 1.81. The minimum Gasteiger partial charge on any atom is -0.475 e. The first-order chi connectivity index (χ1) is 11.2. The zero-order valence-corrected chi connectivity index (χ0v) is 16.9. The summed E-state index contributed by atoms with van der Waals surface area (Å²) >= 11 is 6.01. The standard InChI is InChI=1S/C16H23ClN4O2.HI/c1-18-15(21-8-4-16(11-21)5-9-22-12-16)20-7-10-23-14-13(17)3-2-6-19-14;/h2-3,6H,4-5,7-12H2,1H3,(H,18,20);1H. The van der Waals surface area contributed by atoms with Crippen molar-refractivity contribution in [2.75, 3.05) is 46.5 Å². The van der Waals surface area contributed by atoms with Crippen LogP contribution in [0.25, 0.3) is 0 Å². The molecule has 2 aliphatic heterocycles. The second kappa shape index (κ2) is 9.05. The molecule has 1 N–H and O–H groups in total. The molecule has 2 aliphatic rings. The zero-order chi connectivity index (χ0) is 16.1. The molecule has 134 valence electrons. The number of nitrogens with one attached hydrogen (secondary N) is 1. The molecule has 0 radical (unpaired) electrons. The number of likely N-dealkylation sites (tertiary alicyclic amines) is 1. The molecule has 1 aromatic rings. The summed E-state index contributed by atoms with van der Waals surface area (Å²) in [5.41, 5.74) is 0.329. The Kier molecular flexibility index (Phi) is 7.36. The molecule has 0 aliphatic carbocycles. The molecule has 3 heterocycles. The van der Waals surface area contributed by atoms with E-state index in [0.717, 1.165) is 38.7 Å². The third-order valence-corrected chi connectivity index (χ3v) is 4.77. The lowest BCUT2D eigenvalue weighted by molar-refractivity contribution is 0.156.